The van der Waals surface area contributed by atoms with Crippen LogP contribution in [0.1, 0.15) is 12.1 Å². The monoisotopic (exact) mass is 471 g/mol. The molecule has 3 aromatic carbocycles. The largest absolute Gasteiger partial charge is 0.350 e. The van der Waals surface area contributed by atoms with Gasteiger partial charge in [-0.2, -0.15) is 8.78 Å². The number of hydrogen-bond donors (Lipinski definition) is 1. The molecular weight excluding hydrogens is 451 g/mol. The molecule has 0 spiro atoms. The summed E-state index contributed by atoms with van der Waals surface area (Å²) in [6.45, 7) is -2.36. The first-order chi connectivity index (χ1) is 17.1. The van der Waals surface area contributed by atoms with Crippen molar-refractivity contribution in [1.82, 2.24) is 19.5 Å². The first-order valence-corrected chi connectivity index (χ1v) is 10.9. The van der Waals surface area contributed by atoms with Crippen molar-refractivity contribution in [1.29, 1.82) is 0 Å². The molecule has 0 fully saturated rings. The van der Waals surface area contributed by atoms with Gasteiger partial charge in [0.2, 0.25) is 5.95 Å². The van der Waals surface area contributed by atoms with E-state index in [1.807, 2.05) is 42.5 Å². The molecule has 0 unspecified atom stereocenters. The van der Waals surface area contributed by atoms with E-state index >= 15 is 0 Å². The molecule has 2 heterocycles. The molecule has 0 radical (unpaired) electrons. The predicted octanol–water partition coefficient (Wildman–Crippen LogP) is 6.82. The first kappa shape index (κ1) is 22.3. The van der Waals surface area contributed by atoms with Gasteiger partial charge in [0, 0.05) is 18.3 Å². The minimum absolute atomic E-state index is 0.129. The second-order valence-electron chi connectivity index (χ2n) is 7.82. The van der Waals surface area contributed by atoms with Crippen molar-refractivity contribution in [2.24, 2.45) is 0 Å². The van der Waals surface area contributed by atoms with E-state index in [1.165, 1.54) is 30.5 Å². The Morgan fingerprint density at radius 2 is 1.46 bits per heavy atom. The van der Waals surface area contributed by atoms with Crippen molar-refractivity contribution in [2.45, 2.75) is 13.1 Å². The van der Waals surface area contributed by atoms with Crippen LogP contribution in [0.5, 0.6) is 0 Å². The number of halogens is 3. The van der Waals surface area contributed by atoms with Crippen LogP contribution >= 0.6 is 0 Å². The molecule has 0 saturated heterocycles. The first-order valence-electron chi connectivity index (χ1n) is 10.9. The molecule has 0 aliphatic heterocycles. The molecule has 0 amide bonds. The Labute approximate surface area is 200 Å². The van der Waals surface area contributed by atoms with E-state index in [0.29, 0.717) is 18.1 Å². The van der Waals surface area contributed by atoms with E-state index in [9.17, 15) is 13.2 Å². The summed E-state index contributed by atoms with van der Waals surface area (Å²) in [5.41, 5.74) is 4.46. The Morgan fingerprint density at radius 3 is 2.17 bits per heavy atom. The summed E-state index contributed by atoms with van der Waals surface area (Å²) >= 11 is 0. The zero-order valence-electron chi connectivity index (χ0n) is 18.4. The molecule has 35 heavy (non-hydrogen) atoms. The number of imidazole rings is 1. The fourth-order valence-electron chi connectivity index (χ4n) is 3.78. The third-order valence-corrected chi connectivity index (χ3v) is 5.53. The normalized spacial score (nSPS) is 11.1. The molecule has 5 nitrogen and oxygen atoms in total. The van der Waals surface area contributed by atoms with Crippen LogP contribution in [0, 0.1) is 5.82 Å². The maximum absolute atomic E-state index is 13.7. The van der Waals surface area contributed by atoms with Crippen LogP contribution in [0.25, 0.3) is 33.8 Å². The number of aromatic nitrogens is 4. The average molecular weight is 471 g/mol. The van der Waals surface area contributed by atoms with Gasteiger partial charge in [0.1, 0.15) is 12.1 Å². The fourth-order valence-corrected chi connectivity index (χ4v) is 3.78. The molecular formula is C27H20F3N5. The van der Waals surface area contributed by atoms with Crippen molar-refractivity contribution in [3.05, 3.63) is 109 Å². The van der Waals surface area contributed by atoms with Gasteiger partial charge in [0.15, 0.2) is 0 Å². The number of nitrogens with zero attached hydrogens (tertiary/aromatic N) is 4. The van der Waals surface area contributed by atoms with Crippen LogP contribution < -0.4 is 5.32 Å². The van der Waals surface area contributed by atoms with Crippen LogP contribution in [0.4, 0.5) is 19.1 Å². The number of hydrogen-bond acceptors (Lipinski definition) is 4. The zero-order valence-corrected chi connectivity index (χ0v) is 18.4. The minimum Gasteiger partial charge on any atom is -0.350 e. The quantitative estimate of drug-likeness (QED) is 0.283. The van der Waals surface area contributed by atoms with E-state index < -0.39 is 12.4 Å². The van der Waals surface area contributed by atoms with E-state index in [2.05, 4.69) is 32.4 Å². The lowest BCUT2D eigenvalue weighted by Gasteiger charge is -2.11. The summed E-state index contributed by atoms with van der Waals surface area (Å²) in [7, 11) is 0. The Hall–Kier alpha value is -4.46. The van der Waals surface area contributed by atoms with Gasteiger partial charge in [0.25, 0.3) is 0 Å². The summed E-state index contributed by atoms with van der Waals surface area (Å²) in [6.07, 6.45) is 2.56. The highest BCUT2D eigenvalue weighted by atomic mass is 19.3. The van der Waals surface area contributed by atoms with Crippen LogP contribution in [-0.4, -0.2) is 19.5 Å². The number of alkyl halides is 2. The molecule has 5 aromatic rings. The topological polar surface area (TPSA) is 55.6 Å². The van der Waals surface area contributed by atoms with Crippen LogP contribution in [0.3, 0.4) is 0 Å². The summed E-state index contributed by atoms with van der Waals surface area (Å²) in [5, 5.41) is 3.15. The maximum Gasteiger partial charge on any atom is 0.320 e. The van der Waals surface area contributed by atoms with Crippen molar-refractivity contribution < 1.29 is 13.2 Å². The summed E-state index contributed by atoms with van der Waals surface area (Å²) in [4.78, 5) is 12.8. The second-order valence-corrected chi connectivity index (χ2v) is 7.82. The molecule has 174 valence electrons. The highest BCUT2D eigenvalue weighted by molar-refractivity contribution is 5.77. The van der Waals surface area contributed by atoms with Gasteiger partial charge in [-0.15, -0.1) is 0 Å². The number of rotatable bonds is 7. The minimum atomic E-state index is -2.82. The fraction of sp³-hybridized carbons (Fsp3) is 0.0741. The third kappa shape index (κ3) is 4.91. The Kier molecular flexibility index (Phi) is 6.26. The zero-order chi connectivity index (χ0) is 24.2. The van der Waals surface area contributed by atoms with Gasteiger partial charge >= 0.3 is 6.55 Å². The molecule has 2 aromatic heterocycles. The summed E-state index contributed by atoms with van der Waals surface area (Å²) in [6, 6.07) is 25.2. The van der Waals surface area contributed by atoms with Crippen LogP contribution in [-0.2, 0) is 6.54 Å². The Balaban J connectivity index is 1.39. The van der Waals surface area contributed by atoms with E-state index in [-0.39, 0.29) is 17.1 Å². The van der Waals surface area contributed by atoms with Gasteiger partial charge in [-0.25, -0.2) is 19.3 Å². The van der Waals surface area contributed by atoms with Gasteiger partial charge in [-0.1, -0.05) is 54.6 Å². The molecule has 5 rings (SSSR count). The van der Waals surface area contributed by atoms with E-state index in [0.717, 1.165) is 27.6 Å². The molecule has 0 atom stereocenters. The highest BCUT2D eigenvalue weighted by Crippen LogP contribution is 2.33. The van der Waals surface area contributed by atoms with Crippen LogP contribution in [0.2, 0.25) is 0 Å². The molecule has 8 heteroatoms. The number of benzene rings is 3. The molecule has 1 N–H and O–H groups in total. The van der Waals surface area contributed by atoms with Crippen molar-refractivity contribution in [3.63, 3.8) is 0 Å². The second kappa shape index (κ2) is 9.80. The lowest BCUT2D eigenvalue weighted by Crippen LogP contribution is -2.06. The van der Waals surface area contributed by atoms with Gasteiger partial charge in [-0.05, 0) is 47.0 Å². The third-order valence-electron chi connectivity index (χ3n) is 5.53. The summed E-state index contributed by atoms with van der Waals surface area (Å²) in [5.74, 6) is -0.129. The maximum atomic E-state index is 13.7. The SMILES string of the molecule is Fc1ccc(-c2ncn(C(F)F)c2-c2ccnc(NCc3ccc(-c4ccccc4)cc3)n2)cc1. The molecule has 0 saturated carbocycles. The lowest BCUT2D eigenvalue weighted by atomic mass is 10.0. The van der Waals surface area contributed by atoms with E-state index in [4.69, 9.17) is 0 Å². The number of nitrogens with one attached hydrogen (secondary N) is 1. The predicted molar refractivity (Wildman–Crippen MR) is 129 cm³/mol. The Morgan fingerprint density at radius 1 is 0.771 bits per heavy atom. The standard InChI is InChI=1S/C27H20F3N5/c28-22-12-10-21(11-13-22)24-25(35(17-33-24)26(29)30)23-14-15-31-27(34-23)32-16-18-6-8-20(9-7-18)19-4-2-1-3-5-19/h1-15,17,26H,16H2,(H,31,32,34). The Bertz CT molecular complexity index is 1420. The number of anilines is 1. The van der Waals surface area contributed by atoms with Crippen molar-refractivity contribution in [3.8, 4) is 33.8 Å². The van der Waals surface area contributed by atoms with Crippen LogP contribution in [0.15, 0.2) is 97.5 Å². The molecule has 0 aliphatic rings. The smallest absolute Gasteiger partial charge is 0.320 e. The highest BCUT2D eigenvalue weighted by Gasteiger charge is 2.21. The lowest BCUT2D eigenvalue weighted by molar-refractivity contribution is 0.0718. The van der Waals surface area contributed by atoms with Gasteiger partial charge < -0.3 is 5.32 Å². The van der Waals surface area contributed by atoms with E-state index in [1.54, 1.807) is 6.07 Å². The van der Waals surface area contributed by atoms with Gasteiger partial charge in [0.05, 0.1) is 17.1 Å². The molecule has 0 bridgehead atoms. The van der Waals surface area contributed by atoms with Crippen molar-refractivity contribution in [2.75, 3.05) is 5.32 Å². The average Bonchev–Trinajstić information content (AvgIpc) is 3.35. The summed E-state index contributed by atoms with van der Waals surface area (Å²) < 4.78 is 41.6. The molecule has 0 aliphatic carbocycles. The van der Waals surface area contributed by atoms with Gasteiger partial charge in [-0.3, -0.25) is 4.57 Å². The van der Waals surface area contributed by atoms with Crippen molar-refractivity contribution >= 4 is 5.95 Å².